The first-order valence-electron chi connectivity index (χ1n) is 7.89. The molecule has 0 amide bonds. The zero-order valence-corrected chi connectivity index (χ0v) is 13.4. The third kappa shape index (κ3) is 1.78. The molecule has 3 aromatic carbocycles. The molecule has 0 unspecified atom stereocenters. The van der Waals surface area contributed by atoms with Crippen LogP contribution in [0.5, 0.6) is 0 Å². The van der Waals surface area contributed by atoms with Crippen molar-refractivity contribution in [2.45, 2.75) is 19.3 Å². The molecule has 0 spiro atoms. The fourth-order valence-electron chi connectivity index (χ4n) is 3.73. The Morgan fingerprint density at radius 3 is 2.09 bits per heavy atom. The van der Waals surface area contributed by atoms with Crippen molar-refractivity contribution in [2.75, 3.05) is 0 Å². The number of hydrogen-bond acceptors (Lipinski definition) is 0. The highest BCUT2D eigenvalue weighted by molar-refractivity contribution is 6.32. The van der Waals surface area contributed by atoms with Crippen molar-refractivity contribution < 1.29 is 0 Å². The van der Waals surface area contributed by atoms with Gasteiger partial charge in [0.1, 0.15) is 7.85 Å². The van der Waals surface area contributed by atoms with Crippen LogP contribution in [0.4, 0.5) is 0 Å². The number of hydrogen-bond donors (Lipinski definition) is 0. The maximum absolute atomic E-state index is 2.33. The minimum atomic E-state index is 0.0760. The van der Waals surface area contributed by atoms with E-state index in [4.69, 9.17) is 0 Å². The maximum Gasteiger partial charge on any atom is 0.139 e. The lowest BCUT2D eigenvalue weighted by atomic mass is 9.82. The fraction of sp³-hybridized carbons (Fsp3) is 0.143. The van der Waals surface area contributed by atoms with Crippen molar-refractivity contribution in [3.63, 3.8) is 0 Å². The van der Waals surface area contributed by atoms with Crippen LogP contribution in [0.3, 0.4) is 0 Å². The lowest BCUT2D eigenvalue weighted by Gasteiger charge is -2.21. The van der Waals surface area contributed by atoms with Crippen molar-refractivity contribution >= 4 is 13.3 Å². The topological polar surface area (TPSA) is 0 Å². The Labute approximate surface area is 133 Å². The summed E-state index contributed by atoms with van der Waals surface area (Å²) in [6.07, 6.45) is 0. The van der Waals surface area contributed by atoms with Crippen molar-refractivity contribution in [2.24, 2.45) is 0 Å². The van der Waals surface area contributed by atoms with Crippen LogP contribution >= 0.6 is 0 Å². The summed E-state index contributed by atoms with van der Waals surface area (Å²) in [6.45, 7) is 4.66. The van der Waals surface area contributed by atoms with Crippen LogP contribution in [0.25, 0.3) is 22.3 Å². The van der Waals surface area contributed by atoms with Crippen LogP contribution in [-0.2, 0) is 5.41 Å². The van der Waals surface area contributed by atoms with Gasteiger partial charge in [0, 0.05) is 5.41 Å². The zero-order valence-electron chi connectivity index (χ0n) is 13.4. The second kappa shape index (κ2) is 4.61. The predicted octanol–water partition coefficient (Wildman–Crippen LogP) is 3.92. The Balaban J connectivity index is 2.04. The Bertz CT molecular complexity index is 857. The van der Waals surface area contributed by atoms with E-state index in [1.54, 1.807) is 0 Å². The summed E-state index contributed by atoms with van der Waals surface area (Å²) in [5.41, 5.74) is 9.69. The molecular formula is C21H19B. The third-order valence-electron chi connectivity index (χ3n) is 4.97. The number of fused-ring (bicyclic) bond motifs is 3. The van der Waals surface area contributed by atoms with E-state index < -0.39 is 0 Å². The zero-order chi connectivity index (χ0) is 15.3. The van der Waals surface area contributed by atoms with Gasteiger partial charge in [0.2, 0.25) is 0 Å². The van der Waals surface area contributed by atoms with E-state index in [1.165, 1.54) is 38.8 Å². The first kappa shape index (κ1) is 13.4. The van der Waals surface area contributed by atoms with Gasteiger partial charge in [-0.2, -0.15) is 0 Å². The van der Waals surface area contributed by atoms with E-state index in [0.29, 0.717) is 0 Å². The highest BCUT2D eigenvalue weighted by atomic mass is 14.4. The minimum Gasteiger partial charge on any atom is -0.0889 e. The van der Waals surface area contributed by atoms with Crippen molar-refractivity contribution in [3.8, 4) is 22.3 Å². The van der Waals surface area contributed by atoms with E-state index in [1.807, 2.05) is 0 Å². The van der Waals surface area contributed by atoms with Crippen LogP contribution in [0, 0.1) is 0 Å². The van der Waals surface area contributed by atoms with Gasteiger partial charge in [0.15, 0.2) is 0 Å². The van der Waals surface area contributed by atoms with Crippen LogP contribution < -0.4 is 5.46 Å². The van der Waals surface area contributed by atoms with Gasteiger partial charge in [-0.05, 0) is 33.4 Å². The molecule has 4 rings (SSSR count). The summed E-state index contributed by atoms with van der Waals surface area (Å²) >= 11 is 0. The highest BCUT2D eigenvalue weighted by Gasteiger charge is 2.36. The summed E-state index contributed by atoms with van der Waals surface area (Å²) in [4.78, 5) is 0. The summed E-state index contributed by atoms with van der Waals surface area (Å²) in [5, 5.41) is 0. The van der Waals surface area contributed by atoms with Gasteiger partial charge in [0.05, 0.1) is 0 Å². The Kier molecular flexibility index (Phi) is 2.81. The standard InChI is InChI=1S/C21H19B/c1-21(2)18-8-4-3-6-17(18)20-16(7-5-9-19(20)21)14-10-12-15(22)13-11-14/h3-13H,22H2,1-2H3. The van der Waals surface area contributed by atoms with Crippen molar-refractivity contribution in [3.05, 3.63) is 77.9 Å². The van der Waals surface area contributed by atoms with E-state index >= 15 is 0 Å². The number of benzene rings is 3. The molecule has 22 heavy (non-hydrogen) atoms. The first-order valence-corrected chi connectivity index (χ1v) is 7.89. The normalized spacial score (nSPS) is 14.5. The van der Waals surface area contributed by atoms with Crippen LogP contribution in [0.1, 0.15) is 25.0 Å². The lowest BCUT2D eigenvalue weighted by molar-refractivity contribution is 0.660. The third-order valence-corrected chi connectivity index (χ3v) is 4.97. The van der Waals surface area contributed by atoms with E-state index in [-0.39, 0.29) is 5.41 Å². The molecule has 0 aliphatic heterocycles. The maximum atomic E-state index is 2.33. The molecule has 1 aliphatic rings. The fourth-order valence-corrected chi connectivity index (χ4v) is 3.73. The number of rotatable bonds is 1. The molecule has 0 fully saturated rings. The molecule has 0 atom stereocenters. The quantitative estimate of drug-likeness (QED) is 0.593. The van der Waals surface area contributed by atoms with Gasteiger partial charge < -0.3 is 0 Å². The average Bonchev–Trinajstić information content (AvgIpc) is 2.77. The molecule has 0 aromatic heterocycles. The predicted molar refractivity (Wildman–Crippen MR) is 97.6 cm³/mol. The smallest absolute Gasteiger partial charge is 0.0889 e. The molecule has 106 valence electrons. The van der Waals surface area contributed by atoms with Crippen molar-refractivity contribution in [1.29, 1.82) is 0 Å². The Morgan fingerprint density at radius 2 is 1.32 bits per heavy atom. The second-order valence-electron chi connectivity index (χ2n) is 6.76. The molecule has 1 heteroatoms. The summed E-state index contributed by atoms with van der Waals surface area (Å²) in [7, 11) is 2.14. The van der Waals surface area contributed by atoms with Gasteiger partial charge in [0.25, 0.3) is 0 Å². The highest BCUT2D eigenvalue weighted by Crippen LogP contribution is 2.51. The molecular weight excluding hydrogens is 263 g/mol. The molecule has 0 nitrogen and oxygen atoms in total. The Morgan fingerprint density at radius 1 is 0.682 bits per heavy atom. The van der Waals surface area contributed by atoms with E-state index in [0.717, 1.165) is 0 Å². The van der Waals surface area contributed by atoms with Gasteiger partial charge in [-0.25, -0.2) is 0 Å². The second-order valence-corrected chi connectivity index (χ2v) is 6.76. The van der Waals surface area contributed by atoms with Gasteiger partial charge >= 0.3 is 0 Å². The SMILES string of the molecule is Bc1ccc(-c2cccc3c2-c2ccccc2C3(C)C)cc1. The summed E-state index contributed by atoms with van der Waals surface area (Å²) in [5.74, 6) is 0. The monoisotopic (exact) mass is 282 g/mol. The van der Waals surface area contributed by atoms with Gasteiger partial charge in [-0.1, -0.05) is 86.0 Å². The minimum absolute atomic E-state index is 0.0760. The molecule has 0 saturated carbocycles. The molecule has 0 heterocycles. The molecule has 1 aliphatic carbocycles. The molecule has 0 N–H and O–H groups in total. The first-order chi connectivity index (χ1) is 10.6. The summed E-state index contributed by atoms with van der Waals surface area (Å²) < 4.78 is 0. The molecule has 3 aromatic rings. The molecule has 0 saturated heterocycles. The molecule has 0 radical (unpaired) electrons. The molecule has 0 bridgehead atoms. The van der Waals surface area contributed by atoms with Crippen LogP contribution in [0.2, 0.25) is 0 Å². The van der Waals surface area contributed by atoms with Gasteiger partial charge in [-0.15, -0.1) is 0 Å². The largest absolute Gasteiger partial charge is 0.139 e. The van der Waals surface area contributed by atoms with Crippen molar-refractivity contribution in [1.82, 2.24) is 0 Å². The van der Waals surface area contributed by atoms with Crippen LogP contribution in [0.15, 0.2) is 66.7 Å². The van der Waals surface area contributed by atoms with E-state index in [9.17, 15) is 0 Å². The average molecular weight is 282 g/mol. The summed E-state index contributed by atoms with van der Waals surface area (Å²) in [6, 6.07) is 24.4. The van der Waals surface area contributed by atoms with Crippen LogP contribution in [-0.4, -0.2) is 7.85 Å². The van der Waals surface area contributed by atoms with Gasteiger partial charge in [-0.3, -0.25) is 0 Å². The lowest BCUT2D eigenvalue weighted by Crippen LogP contribution is -2.14. The van der Waals surface area contributed by atoms with E-state index in [2.05, 4.69) is 88.4 Å². The Hall–Kier alpha value is -2.28.